The van der Waals surface area contributed by atoms with E-state index in [1.165, 1.54) is 0 Å². The van der Waals surface area contributed by atoms with Gasteiger partial charge < -0.3 is 5.32 Å². The van der Waals surface area contributed by atoms with E-state index in [-0.39, 0.29) is 11.8 Å². The number of amides is 1. The van der Waals surface area contributed by atoms with Crippen LogP contribution < -0.4 is 10.0 Å². The molecule has 6 heteroatoms. The molecular weight excluding hydrogens is 240 g/mol. The number of sulfonamides is 1. The summed E-state index contributed by atoms with van der Waals surface area (Å²) in [6.07, 6.45) is 1.56. The third-order valence-electron chi connectivity index (χ3n) is 2.06. The zero-order chi connectivity index (χ0) is 13.6. The fourth-order valence-corrected chi connectivity index (χ4v) is 2.09. The molecular formula is C11H24N2O3S. The van der Waals surface area contributed by atoms with Gasteiger partial charge in [0.15, 0.2) is 0 Å². The second kappa shape index (κ2) is 6.96. The van der Waals surface area contributed by atoms with Gasteiger partial charge in [0.25, 0.3) is 0 Å². The Morgan fingerprint density at radius 1 is 1.12 bits per heavy atom. The molecule has 1 unspecified atom stereocenters. The summed E-state index contributed by atoms with van der Waals surface area (Å²) in [7, 11) is -3.36. The lowest BCUT2D eigenvalue weighted by Gasteiger charge is -2.19. The summed E-state index contributed by atoms with van der Waals surface area (Å²) in [6.45, 7) is 8.43. The molecule has 0 rings (SSSR count). The molecule has 0 aromatic rings. The smallest absolute Gasteiger partial charge is 0.238 e. The predicted molar refractivity (Wildman–Crippen MR) is 69.1 cm³/mol. The molecule has 0 aliphatic rings. The van der Waals surface area contributed by atoms with Crippen LogP contribution in [-0.2, 0) is 14.8 Å². The summed E-state index contributed by atoms with van der Waals surface area (Å²) in [4.78, 5) is 11.8. The van der Waals surface area contributed by atoms with E-state index in [0.717, 1.165) is 6.26 Å². The zero-order valence-electron chi connectivity index (χ0n) is 11.3. The molecule has 0 spiro atoms. The number of hydrogen-bond donors (Lipinski definition) is 2. The lowest BCUT2D eigenvalue weighted by Crippen LogP contribution is -2.47. The van der Waals surface area contributed by atoms with Gasteiger partial charge in [-0.15, -0.1) is 0 Å². The predicted octanol–water partition coefficient (Wildman–Crippen LogP) is 0.723. The number of nitrogens with one attached hydrogen (secondary N) is 2. The third-order valence-corrected chi connectivity index (χ3v) is 2.78. The summed E-state index contributed by atoms with van der Waals surface area (Å²) in [5.41, 5.74) is 0. The molecule has 0 aliphatic heterocycles. The monoisotopic (exact) mass is 264 g/mol. The molecule has 0 saturated heterocycles. The maximum atomic E-state index is 11.8. The quantitative estimate of drug-likeness (QED) is 0.711. The molecule has 0 saturated carbocycles. The Morgan fingerprint density at radius 3 is 2.00 bits per heavy atom. The van der Waals surface area contributed by atoms with Crippen molar-refractivity contribution in [1.29, 1.82) is 0 Å². The molecule has 0 aromatic heterocycles. The molecule has 102 valence electrons. The zero-order valence-corrected chi connectivity index (χ0v) is 12.1. The SMILES string of the molecule is CC(C)CNC(=O)C(CC(C)C)NS(C)(=O)=O. The number of hydrogen-bond acceptors (Lipinski definition) is 3. The fraction of sp³-hybridized carbons (Fsp3) is 0.909. The van der Waals surface area contributed by atoms with Crippen LogP contribution in [0.3, 0.4) is 0 Å². The molecule has 1 amide bonds. The van der Waals surface area contributed by atoms with Gasteiger partial charge in [-0.1, -0.05) is 27.7 Å². The van der Waals surface area contributed by atoms with Crippen molar-refractivity contribution in [2.24, 2.45) is 11.8 Å². The highest BCUT2D eigenvalue weighted by molar-refractivity contribution is 7.88. The highest BCUT2D eigenvalue weighted by Crippen LogP contribution is 2.06. The molecule has 0 aromatic carbocycles. The van der Waals surface area contributed by atoms with Crippen molar-refractivity contribution in [1.82, 2.24) is 10.0 Å². The average Bonchev–Trinajstić information content (AvgIpc) is 2.09. The van der Waals surface area contributed by atoms with Crippen LogP contribution in [0, 0.1) is 11.8 Å². The van der Waals surface area contributed by atoms with Gasteiger partial charge in [-0.25, -0.2) is 13.1 Å². The Kier molecular flexibility index (Phi) is 6.70. The van der Waals surface area contributed by atoms with Crippen molar-refractivity contribution in [2.75, 3.05) is 12.8 Å². The number of carbonyl (C=O) groups excluding carboxylic acids is 1. The van der Waals surface area contributed by atoms with Crippen molar-refractivity contribution < 1.29 is 13.2 Å². The molecule has 0 radical (unpaired) electrons. The largest absolute Gasteiger partial charge is 0.354 e. The van der Waals surface area contributed by atoms with Gasteiger partial charge in [-0.3, -0.25) is 4.79 Å². The summed E-state index contributed by atoms with van der Waals surface area (Å²) in [5.74, 6) is 0.341. The Labute approximate surface area is 104 Å². The lowest BCUT2D eigenvalue weighted by atomic mass is 10.0. The van der Waals surface area contributed by atoms with Crippen LogP contribution in [0.4, 0.5) is 0 Å². The molecule has 2 N–H and O–H groups in total. The average molecular weight is 264 g/mol. The summed E-state index contributed by atoms with van der Waals surface area (Å²) in [5, 5.41) is 2.74. The minimum absolute atomic E-state index is 0.249. The highest BCUT2D eigenvalue weighted by atomic mass is 32.2. The highest BCUT2D eigenvalue weighted by Gasteiger charge is 2.22. The van der Waals surface area contributed by atoms with Gasteiger partial charge in [-0.2, -0.15) is 0 Å². The summed E-state index contributed by atoms with van der Waals surface area (Å²) in [6, 6.07) is -0.677. The van der Waals surface area contributed by atoms with Crippen LogP contribution in [0.5, 0.6) is 0 Å². The summed E-state index contributed by atoms with van der Waals surface area (Å²) >= 11 is 0. The van der Waals surface area contributed by atoms with Crippen LogP contribution in [-0.4, -0.2) is 33.2 Å². The molecule has 0 aliphatic carbocycles. The lowest BCUT2D eigenvalue weighted by molar-refractivity contribution is -0.123. The van der Waals surface area contributed by atoms with E-state index in [1.807, 2.05) is 27.7 Å². The third kappa shape index (κ3) is 9.12. The van der Waals surface area contributed by atoms with E-state index in [9.17, 15) is 13.2 Å². The standard InChI is InChI=1S/C11H24N2O3S/c1-8(2)6-10(13-17(5,15)16)11(14)12-7-9(3)4/h8-10,13H,6-7H2,1-5H3,(H,12,14). The van der Waals surface area contributed by atoms with E-state index < -0.39 is 16.1 Å². The topological polar surface area (TPSA) is 75.3 Å². The van der Waals surface area contributed by atoms with Gasteiger partial charge in [0.1, 0.15) is 6.04 Å². The first-order chi connectivity index (χ1) is 7.61. The minimum atomic E-state index is -3.36. The van der Waals surface area contributed by atoms with Crippen molar-refractivity contribution in [3.05, 3.63) is 0 Å². The maximum Gasteiger partial charge on any atom is 0.238 e. The van der Waals surface area contributed by atoms with E-state index in [2.05, 4.69) is 10.0 Å². The van der Waals surface area contributed by atoms with Gasteiger partial charge in [0.05, 0.1) is 6.26 Å². The van der Waals surface area contributed by atoms with Gasteiger partial charge >= 0.3 is 0 Å². The number of carbonyl (C=O) groups is 1. The number of rotatable bonds is 7. The van der Waals surface area contributed by atoms with Crippen LogP contribution in [0.1, 0.15) is 34.1 Å². The van der Waals surface area contributed by atoms with Crippen LogP contribution in [0.25, 0.3) is 0 Å². The maximum absolute atomic E-state index is 11.8. The van der Waals surface area contributed by atoms with Crippen molar-refractivity contribution in [3.63, 3.8) is 0 Å². The Hall–Kier alpha value is -0.620. The van der Waals surface area contributed by atoms with E-state index >= 15 is 0 Å². The minimum Gasteiger partial charge on any atom is -0.354 e. The summed E-state index contributed by atoms with van der Waals surface area (Å²) < 4.78 is 24.7. The Morgan fingerprint density at radius 2 is 1.65 bits per heavy atom. The van der Waals surface area contributed by atoms with Gasteiger partial charge in [0, 0.05) is 6.54 Å². The Balaban J connectivity index is 4.51. The second-order valence-corrected chi connectivity index (χ2v) is 6.99. The van der Waals surface area contributed by atoms with Crippen molar-refractivity contribution in [3.8, 4) is 0 Å². The van der Waals surface area contributed by atoms with Crippen molar-refractivity contribution >= 4 is 15.9 Å². The van der Waals surface area contributed by atoms with E-state index in [4.69, 9.17) is 0 Å². The second-order valence-electron chi connectivity index (χ2n) is 5.21. The molecule has 5 nitrogen and oxygen atoms in total. The van der Waals surface area contributed by atoms with Crippen LogP contribution >= 0.6 is 0 Å². The van der Waals surface area contributed by atoms with Crippen LogP contribution in [0.15, 0.2) is 0 Å². The van der Waals surface area contributed by atoms with E-state index in [0.29, 0.717) is 18.9 Å². The molecule has 0 heterocycles. The molecule has 0 fully saturated rings. The van der Waals surface area contributed by atoms with Gasteiger partial charge in [-0.05, 0) is 18.3 Å². The normalized spacial score (nSPS) is 14.1. The van der Waals surface area contributed by atoms with Gasteiger partial charge in [0.2, 0.25) is 15.9 Å². The van der Waals surface area contributed by atoms with E-state index in [1.54, 1.807) is 0 Å². The first-order valence-electron chi connectivity index (χ1n) is 5.86. The molecule has 0 bridgehead atoms. The Bertz CT molecular complexity index is 337. The molecule has 1 atom stereocenters. The van der Waals surface area contributed by atoms with Crippen molar-refractivity contribution in [2.45, 2.75) is 40.2 Å². The molecule has 17 heavy (non-hydrogen) atoms. The first kappa shape index (κ1) is 16.4. The van der Waals surface area contributed by atoms with Crippen LogP contribution in [0.2, 0.25) is 0 Å². The fourth-order valence-electron chi connectivity index (χ4n) is 1.37. The first-order valence-corrected chi connectivity index (χ1v) is 7.76.